The van der Waals surface area contributed by atoms with E-state index in [4.69, 9.17) is 11.5 Å². The first-order chi connectivity index (χ1) is 6.65. The Kier molecular flexibility index (Phi) is 2.19. The van der Waals surface area contributed by atoms with Gasteiger partial charge in [-0.05, 0) is 25.3 Å². The molecule has 2 rings (SSSR count). The van der Waals surface area contributed by atoms with Gasteiger partial charge in [0.05, 0.1) is 0 Å². The highest BCUT2D eigenvalue weighted by Gasteiger charge is 2.48. The molecular weight excluding hydrogens is 182 g/mol. The number of nitrogens with zero attached hydrogens (tertiary/aromatic N) is 1. The minimum Gasteiger partial charge on any atom is -0.368 e. The highest BCUT2D eigenvalue weighted by Crippen LogP contribution is 2.40. The Labute approximate surface area is 82.4 Å². The van der Waals surface area contributed by atoms with Gasteiger partial charge in [-0.1, -0.05) is 0 Å². The first-order valence-corrected chi connectivity index (χ1v) is 4.95. The van der Waals surface area contributed by atoms with Crippen LogP contribution >= 0.6 is 0 Å². The summed E-state index contributed by atoms with van der Waals surface area (Å²) in [5, 5.41) is 0. The normalized spacial score (nSPS) is 34.9. The molecule has 1 saturated heterocycles. The van der Waals surface area contributed by atoms with Crippen LogP contribution in [0.25, 0.3) is 0 Å². The third-order valence-electron chi connectivity index (χ3n) is 3.17. The van der Waals surface area contributed by atoms with E-state index in [0.29, 0.717) is 25.4 Å². The van der Waals surface area contributed by atoms with E-state index in [9.17, 15) is 9.59 Å². The fourth-order valence-electron chi connectivity index (χ4n) is 1.97. The molecule has 0 aromatic heterocycles. The predicted octanol–water partition coefficient (Wildman–Crippen LogP) is -1.33. The Balaban J connectivity index is 1.90. The highest BCUT2D eigenvalue weighted by molar-refractivity contribution is 5.90. The molecule has 0 aromatic rings. The zero-order valence-electron chi connectivity index (χ0n) is 7.98. The largest absolute Gasteiger partial charge is 0.368 e. The summed E-state index contributed by atoms with van der Waals surface area (Å²) in [7, 11) is 0. The van der Waals surface area contributed by atoms with Gasteiger partial charge in [0, 0.05) is 12.5 Å². The summed E-state index contributed by atoms with van der Waals surface area (Å²) < 4.78 is 0. The fraction of sp³-hybridized carbons (Fsp3) is 0.778. The molecule has 2 amide bonds. The van der Waals surface area contributed by atoms with Gasteiger partial charge in [-0.3, -0.25) is 9.59 Å². The van der Waals surface area contributed by atoms with Crippen molar-refractivity contribution in [2.45, 2.75) is 18.9 Å². The molecule has 3 unspecified atom stereocenters. The number of amides is 2. The molecule has 0 aromatic carbocycles. The fourth-order valence-corrected chi connectivity index (χ4v) is 1.97. The Bertz CT molecular complexity index is 279. The van der Waals surface area contributed by atoms with Crippen molar-refractivity contribution < 1.29 is 9.59 Å². The molecule has 2 aliphatic rings. The third kappa shape index (κ3) is 1.37. The molecule has 1 aliphatic carbocycles. The molecule has 4 N–H and O–H groups in total. The highest BCUT2D eigenvalue weighted by atomic mass is 16.2. The first-order valence-electron chi connectivity index (χ1n) is 4.95. The number of hydrogen-bond donors (Lipinski definition) is 2. The van der Waals surface area contributed by atoms with Gasteiger partial charge in [0.2, 0.25) is 11.8 Å². The maximum absolute atomic E-state index is 11.7. The molecule has 1 saturated carbocycles. The van der Waals surface area contributed by atoms with Gasteiger partial charge in [-0.25, -0.2) is 0 Å². The molecule has 1 aliphatic heterocycles. The molecule has 1 heterocycles. The van der Waals surface area contributed by atoms with E-state index in [0.717, 1.165) is 6.42 Å². The number of nitrogens with two attached hydrogens (primary N) is 2. The summed E-state index contributed by atoms with van der Waals surface area (Å²) in [6.07, 6.45) is 1.58. The standard InChI is InChI=1S/C9H15N3O2/c10-4-5-3-6(5)9(14)12-2-1-7(12)8(11)13/h5-7H,1-4,10H2,(H2,11,13). The number of rotatable bonds is 3. The lowest BCUT2D eigenvalue weighted by atomic mass is 10.0. The van der Waals surface area contributed by atoms with E-state index in [1.54, 1.807) is 4.90 Å². The molecule has 3 atom stereocenters. The number of primary amides is 1. The average Bonchev–Trinajstić information content (AvgIpc) is 2.78. The van der Waals surface area contributed by atoms with E-state index in [2.05, 4.69) is 0 Å². The second kappa shape index (κ2) is 3.24. The van der Waals surface area contributed by atoms with Crippen LogP contribution in [0.4, 0.5) is 0 Å². The van der Waals surface area contributed by atoms with Crippen molar-refractivity contribution in [3.05, 3.63) is 0 Å². The second-order valence-corrected chi connectivity index (χ2v) is 4.08. The summed E-state index contributed by atoms with van der Waals surface area (Å²) in [6, 6.07) is -0.360. The predicted molar refractivity (Wildman–Crippen MR) is 50.0 cm³/mol. The zero-order chi connectivity index (χ0) is 10.3. The average molecular weight is 197 g/mol. The Hall–Kier alpha value is -1.10. The number of likely N-dealkylation sites (tertiary alicyclic amines) is 1. The number of carbonyl (C=O) groups is 2. The van der Waals surface area contributed by atoms with Gasteiger partial charge >= 0.3 is 0 Å². The molecule has 5 nitrogen and oxygen atoms in total. The molecule has 14 heavy (non-hydrogen) atoms. The molecule has 0 radical (unpaired) electrons. The van der Waals surface area contributed by atoms with Gasteiger partial charge in [0.15, 0.2) is 0 Å². The van der Waals surface area contributed by atoms with Crippen molar-refractivity contribution in [1.82, 2.24) is 4.90 Å². The van der Waals surface area contributed by atoms with Gasteiger partial charge in [-0.15, -0.1) is 0 Å². The molecule has 78 valence electrons. The first kappa shape index (κ1) is 9.45. The third-order valence-corrected chi connectivity index (χ3v) is 3.17. The maximum atomic E-state index is 11.7. The lowest BCUT2D eigenvalue weighted by molar-refractivity contribution is -0.147. The van der Waals surface area contributed by atoms with Crippen LogP contribution in [-0.4, -0.2) is 35.8 Å². The minimum absolute atomic E-state index is 0.0575. The molecule has 0 spiro atoms. The van der Waals surface area contributed by atoms with Crippen molar-refractivity contribution in [1.29, 1.82) is 0 Å². The van der Waals surface area contributed by atoms with Crippen LogP contribution in [0.2, 0.25) is 0 Å². The van der Waals surface area contributed by atoms with Crippen LogP contribution in [-0.2, 0) is 9.59 Å². The quantitative estimate of drug-likeness (QED) is 0.587. The van der Waals surface area contributed by atoms with Crippen molar-refractivity contribution in [3.8, 4) is 0 Å². The summed E-state index contributed by atoms with van der Waals surface area (Å²) in [4.78, 5) is 24.2. The van der Waals surface area contributed by atoms with Crippen LogP contribution in [0.1, 0.15) is 12.8 Å². The summed E-state index contributed by atoms with van der Waals surface area (Å²) in [5.41, 5.74) is 10.6. The molecule has 2 fully saturated rings. The molecule has 0 bridgehead atoms. The van der Waals surface area contributed by atoms with Crippen molar-refractivity contribution >= 4 is 11.8 Å². The minimum atomic E-state index is -0.394. The van der Waals surface area contributed by atoms with E-state index in [1.807, 2.05) is 0 Å². The van der Waals surface area contributed by atoms with E-state index in [1.165, 1.54) is 0 Å². The molecular formula is C9H15N3O2. The van der Waals surface area contributed by atoms with Gasteiger partial charge in [-0.2, -0.15) is 0 Å². The van der Waals surface area contributed by atoms with Crippen molar-refractivity contribution in [2.24, 2.45) is 23.3 Å². The zero-order valence-corrected chi connectivity index (χ0v) is 7.98. The second-order valence-electron chi connectivity index (χ2n) is 4.08. The Morgan fingerprint density at radius 1 is 1.43 bits per heavy atom. The number of hydrogen-bond acceptors (Lipinski definition) is 3. The smallest absolute Gasteiger partial charge is 0.240 e. The summed E-state index contributed by atoms with van der Waals surface area (Å²) in [5.74, 6) is 0.0591. The Morgan fingerprint density at radius 2 is 2.14 bits per heavy atom. The SMILES string of the molecule is NCC1CC1C(=O)N1CCC1C(N)=O. The van der Waals surface area contributed by atoms with Gasteiger partial charge in [0.25, 0.3) is 0 Å². The van der Waals surface area contributed by atoms with Crippen LogP contribution in [0.5, 0.6) is 0 Å². The van der Waals surface area contributed by atoms with Crippen LogP contribution in [0, 0.1) is 11.8 Å². The topological polar surface area (TPSA) is 89.4 Å². The lowest BCUT2D eigenvalue weighted by Gasteiger charge is -2.39. The van der Waals surface area contributed by atoms with Crippen LogP contribution in [0.15, 0.2) is 0 Å². The van der Waals surface area contributed by atoms with Crippen LogP contribution in [0.3, 0.4) is 0 Å². The monoisotopic (exact) mass is 197 g/mol. The Morgan fingerprint density at radius 3 is 2.50 bits per heavy atom. The van der Waals surface area contributed by atoms with Crippen molar-refractivity contribution in [3.63, 3.8) is 0 Å². The molecule has 5 heteroatoms. The number of carbonyl (C=O) groups excluding carboxylic acids is 2. The van der Waals surface area contributed by atoms with Crippen molar-refractivity contribution in [2.75, 3.05) is 13.1 Å². The lowest BCUT2D eigenvalue weighted by Crippen LogP contribution is -2.57. The van der Waals surface area contributed by atoms with E-state index < -0.39 is 5.91 Å². The van der Waals surface area contributed by atoms with Gasteiger partial charge < -0.3 is 16.4 Å². The van der Waals surface area contributed by atoms with E-state index >= 15 is 0 Å². The van der Waals surface area contributed by atoms with E-state index in [-0.39, 0.29) is 17.9 Å². The van der Waals surface area contributed by atoms with Crippen LogP contribution < -0.4 is 11.5 Å². The summed E-state index contributed by atoms with van der Waals surface area (Å²) >= 11 is 0. The summed E-state index contributed by atoms with van der Waals surface area (Å²) in [6.45, 7) is 1.23. The van der Waals surface area contributed by atoms with Gasteiger partial charge in [0.1, 0.15) is 6.04 Å². The maximum Gasteiger partial charge on any atom is 0.240 e.